The smallest absolute Gasteiger partial charge is 0.323 e. The fraction of sp³-hybridized carbons (Fsp3) is 0.200. The van der Waals surface area contributed by atoms with E-state index in [1.54, 1.807) is 17.8 Å². The average molecular weight is 593 g/mol. The molecule has 0 bridgehead atoms. The van der Waals surface area contributed by atoms with E-state index in [4.69, 9.17) is 5.26 Å². The zero-order valence-corrected chi connectivity index (χ0v) is 23.2. The first-order valence-corrected chi connectivity index (χ1v) is 16.5. The highest BCUT2D eigenvalue weighted by Gasteiger charge is 2.36. The predicted molar refractivity (Wildman–Crippen MR) is 145 cm³/mol. The second kappa shape index (κ2) is 12.1. The molecule has 4 rings (SSSR count). The summed E-state index contributed by atoms with van der Waals surface area (Å²) >= 11 is 2.75. The molecule has 2 heterocycles. The van der Waals surface area contributed by atoms with Gasteiger partial charge in [0.1, 0.15) is 28.4 Å². The van der Waals surface area contributed by atoms with Crippen LogP contribution in [-0.2, 0) is 26.9 Å². The lowest BCUT2D eigenvalue weighted by Gasteiger charge is -2.20. The summed E-state index contributed by atoms with van der Waals surface area (Å²) in [5.41, 5.74) is 0.421. The minimum absolute atomic E-state index is 0.121. The summed E-state index contributed by atoms with van der Waals surface area (Å²) in [6, 6.07) is 17.6. The van der Waals surface area contributed by atoms with Gasteiger partial charge >= 0.3 is 7.60 Å². The van der Waals surface area contributed by atoms with E-state index < -0.39 is 29.2 Å². The highest BCUT2D eigenvalue weighted by molar-refractivity contribution is 7.98. The first kappa shape index (κ1) is 28.4. The molecule has 0 amide bonds. The van der Waals surface area contributed by atoms with Gasteiger partial charge in [-0.2, -0.15) is 21.7 Å². The Kier molecular flexibility index (Phi) is 9.00. The van der Waals surface area contributed by atoms with Gasteiger partial charge in [-0.05, 0) is 52.6 Å². The van der Waals surface area contributed by atoms with E-state index in [2.05, 4.69) is 4.57 Å². The van der Waals surface area contributed by atoms with E-state index >= 15 is 0 Å². The molecular weight excluding hydrogens is 568 g/mol. The van der Waals surface area contributed by atoms with Crippen LogP contribution in [0.25, 0.3) is 10.1 Å². The highest BCUT2D eigenvalue weighted by atomic mass is 32.2. The maximum atomic E-state index is 14.1. The van der Waals surface area contributed by atoms with Crippen molar-refractivity contribution < 1.29 is 31.7 Å². The van der Waals surface area contributed by atoms with Gasteiger partial charge in [0, 0.05) is 29.0 Å². The molecule has 3 N–H and O–H groups in total. The van der Waals surface area contributed by atoms with Gasteiger partial charge in [-0.15, -0.1) is 11.3 Å². The van der Waals surface area contributed by atoms with Crippen LogP contribution in [0.4, 0.5) is 4.39 Å². The Hall–Kier alpha value is -2.62. The fourth-order valence-corrected chi connectivity index (χ4v) is 8.60. The molecule has 0 aliphatic carbocycles. The van der Waals surface area contributed by atoms with Crippen LogP contribution in [0.1, 0.15) is 28.9 Å². The van der Waals surface area contributed by atoms with Crippen molar-refractivity contribution in [2.75, 3.05) is 5.75 Å². The zero-order valence-electron chi connectivity index (χ0n) is 19.9. The van der Waals surface area contributed by atoms with E-state index in [0.29, 0.717) is 10.1 Å². The Morgan fingerprint density at radius 3 is 2.58 bits per heavy atom. The molecule has 0 saturated carbocycles. The fourth-order valence-electron chi connectivity index (χ4n) is 3.74. The molecule has 13 heteroatoms. The molecule has 8 nitrogen and oxygen atoms in total. The van der Waals surface area contributed by atoms with Crippen LogP contribution in [0.2, 0.25) is 0 Å². The number of nitrogens with one attached hydrogen (secondary N) is 1. The molecule has 0 saturated heterocycles. The number of thiophene rings is 1. The molecule has 1 unspecified atom stereocenters. The minimum Gasteiger partial charge on any atom is -0.323 e. The molecule has 198 valence electrons. The number of nitrogens with zero attached hydrogens (tertiary/aromatic N) is 2. The Morgan fingerprint density at radius 2 is 1.89 bits per heavy atom. The third kappa shape index (κ3) is 7.07. The first-order chi connectivity index (χ1) is 18.1. The van der Waals surface area contributed by atoms with Crippen LogP contribution in [0.5, 0.6) is 0 Å². The van der Waals surface area contributed by atoms with Gasteiger partial charge in [0.15, 0.2) is 12.4 Å². The predicted octanol–water partition coefficient (Wildman–Crippen LogP) is 4.68. The van der Waals surface area contributed by atoms with Crippen molar-refractivity contribution in [1.82, 2.24) is 4.72 Å². The molecule has 0 spiro atoms. The quantitative estimate of drug-likeness (QED) is 0.131. The second-order valence-electron chi connectivity index (χ2n) is 8.42. The van der Waals surface area contributed by atoms with Crippen molar-refractivity contribution in [3.8, 4) is 6.07 Å². The van der Waals surface area contributed by atoms with E-state index in [1.165, 1.54) is 6.07 Å². The van der Waals surface area contributed by atoms with E-state index in [-0.39, 0.29) is 15.3 Å². The Bertz CT molecular complexity index is 1640. The Morgan fingerprint density at radius 1 is 1.13 bits per heavy atom. The number of benzene rings is 2. The third-order valence-corrected chi connectivity index (χ3v) is 11.0. The maximum absolute atomic E-state index is 14.1. The molecule has 0 fully saturated rings. The summed E-state index contributed by atoms with van der Waals surface area (Å²) in [7, 11) is -9.44. The molecule has 38 heavy (non-hydrogen) atoms. The van der Waals surface area contributed by atoms with Crippen LogP contribution in [0, 0.1) is 17.1 Å². The van der Waals surface area contributed by atoms with Crippen LogP contribution in [0.15, 0.2) is 77.3 Å². The number of aromatic nitrogens is 1. The first-order valence-electron chi connectivity index (χ1n) is 11.4. The molecule has 4 aromatic rings. The number of pyridine rings is 1. The number of rotatable bonds is 11. The molecule has 0 aliphatic heterocycles. The lowest BCUT2D eigenvalue weighted by atomic mass is 10.1. The van der Waals surface area contributed by atoms with Crippen molar-refractivity contribution >= 4 is 50.8 Å². The third-order valence-electron chi connectivity index (χ3n) is 5.61. The SMILES string of the molecule is N#Cc1ccc(C(NS(=O)(=O)c2cc3cc(CSCCC[n+]4ccccc4)ccc3s2)P(=O)(O)O)cc1F. The van der Waals surface area contributed by atoms with E-state index in [9.17, 15) is 27.2 Å². The van der Waals surface area contributed by atoms with Gasteiger partial charge in [0.05, 0.1) is 5.56 Å². The van der Waals surface area contributed by atoms with Crippen LogP contribution in [0.3, 0.4) is 0 Å². The monoisotopic (exact) mass is 592 g/mol. The molecule has 2 aromatic heterocycles. The molecule has 2 aromatic carbocycles. The Balaban J connectivity index is 1.46. The average Bonchev–Trinajstić information content (AvgIpc) is 3.32. The number of thioether (sulfide) groups is 1. The van der Waals surface area contributed by atoms with Crippen molar-refractivity contribution in [1.29, 1.82) is 5.26 Å². The topological polar surface area (TPSA) is 131 Å². The number of sulfonamides is 1. The van der Waals surface area contributed by atoms with Gasteiger partial charge in [-0.25, -0.2) is 17.4 Å². The Labute approximate surface area is 228 Å². The summed E-state index contributed by atoms with van der Waals surface area (Å²) in [6.07, 6.45) is 5.07. The largest absolute Gasteiger partial charge is 0.347 e. The number of halogens is 1. The van der Waals surface area contributed by atoms with Crippen molar-refractivity contribution in [2.45, 2.75) is 28.7 Å². The molecule has 0 radical (unpaired) electrons. The van der Waals surface area contributed by atoms with Crippen molar-refractivity contribution in [3.05, 3.63) is 95.6 Å². The number of hydrogen-bond acceptors (Lipinski definition) is 6. The van der Waals surface area contributed by atoms with Crippen LogP contribution in [-0.4, -0.2) is 24.0 Å². The van der Waals surface area contributed by atoms with Crippen molar-refractivity contribution in [2.24, 2.45) is 0 Å². The summed E-state index contributed by atoms with van der Waals surface area (Å²) < 4.78 is 57.1. The van der Waals surface area contributed by atoms with Gasteiger partial charge in [0.2, 0.25) is 0 Å². The van der Waals surface area contributed by atoms with Gasteiger partial charge < -0.3 is 9.79 Å². The van der Waals surface area contributed by atoms with Crippen molar-refractivity contribution in [3.63, 3.8) is 0 Å². The van der Waals surface area contributed by atoms with Crippen LogP contribution >= 0.6 is 30.7 Å². The number of nitriles is 1. The van der Waals surface area contributed by atoms with Gasteiger partial charge in [-0.1, -0.05) is 18.2 Å². The normalized spacial score (nSPS) is 12.9. The van der Waals surface area contributed by atoms with Gasteiger partial charge in [-0.3, -0.25) is 4.57 Å². The van der Waals surface area contributed by atoms with E-state index in [0.717, 1.165) is 59.6 Å². The lowest BCUT2D eigenvalue weighted by molar-refractivity contribution is -0.696. The molecule has 1 atom stereocenters. The summed E-state index contributed by atoms with van der Waals surface area (Å²) in [4.78, 5) is 19.6. The lowest BCUT2D eigenvalue weighted by Crippen LogP contribution is -2.32. The summed E-state index contributed by atoms with van der Waals surface area (Å²) in [5.74, 6) is -1.29. The number of hydrogen-bond donors (Lipinski definition) is 3. The van der Waals surface area contributed by atoms with Gasteiger partial charge in [0.25, 0.3) is 10.0 Å². The van der Waals surface area contributed by atoms with E-state index in [1.807, 2.05) is 53.5 Å². The molecule has 0 aliphatic rings. The highest BCUT2D eigenvalue weighted by Crippen LogP contribution is 2.51. The maximum Gasteiger partial charge on any atom is 0.347 e. The second-order valence-corrected chi connectivity index (χ2v) is 14.2. The van der Waals surface area contributed by atoms with Crippen LogP contribution < -0.4 is 9.29 Å². The zero-order chi connectivity index (χ0) is 27.3. The number of fused-ring (bicyclic) bond motifs is 1. The minimum atomic E-state index is -5.08. The number of aryl methyl sites for hydroxylation is 1. The summed E-state index contributed by atoms with van der Waals surface area (Å²) in [5, 5.41) is 9.59. The standard InChI is InChI=1S/C25H23FN3O5PS3/c26-22-14-19(6-7-20(22)16-27)25(35(30,31)32)28-38(33,34)24-15-21-13-18(5-8-23(21)37-24)17-36-12-4-11-29-9-2-1-3-10-29/h1-3,5-10,13-15,25,28H,4,11-12,17H2,(H-,30,31,32)/p+1. The summed E-state index contributed by atoms with van der Waals surface area (Å²) in [6.45, 7) is 0.927. The molecular formula is C25H24FN3O5PS3+.